The maximum absolute atomic E-state index is 5.91. The van der Waals surface area contributed by atoms with E-state index >= 15 is 0 Å². The first kappa shape index (κ1) is 25.7. The van der Waals surface area contributed by atoms with Crippen molar-refractivity contribution in [2.24, 2.45) is 11.8 Å². The third kappa shape index (κ3) is 5.22. The fourth-order valence-corrected chi connectivity index (χ4v) is 5.61. The van der Waals surface area contributed by atoms with Crippen LogP contribution in [0.3, 0.4) is 0 Å². The molecule has 1 saturated heterocycles. The summed E-state index contributed by atoms with van der Waals surface area (Å²) < 4.78 is 30.5. The molecule has 2 aromatic heterocycles. The van der Waals surface area contributed by atoms with Crippen molar-refractivity contribution in [1.82, 2.24) is 9.61 Å². The standard InChI is InChI=1S/C29H39N3O5/c1-33-19-22-15-25(34-2)27(26(16-22)35-3)23-9-6-10-24-28(29(36-4)30-32(23)24)31(17-20-7-5-8-20)18-21-11-13-37-14-12-21/h6,9-10,15-16,20-21H,5,7-8,11-14,17-19H2,1-4H3. The van der Waals surface area contributed by atoms with E-state index in [1.54, 1.807) is 28.4 Å². The zero-order valence-corrected chi connectivity index (χ0v) is 22.5. The van der Waals surface area contributed by atoms with Gasteiger partial charge in [-0.1, -0.05) is 12.5 Å². The fourth-order valence-electron chi connectivity index (χ4n) is 5.61. The topological polar surface area (TPSA) is 66.7 Å². The van der Waals surface area contributed by atoms with Crippen LogP contribution in [0.15, 0.2) is 30.3 Å². The second-order valence-corrected chi connectivity index (χ2v) is 10.1. The van der Waals surface area contributed by atoms with Gasteiger partial charge in [0.15, 0.2) is 0 Å². The van der Waals surface area contributed by atoms with Crippen molar-refractivity contribution in [3.8, 4) is 28.6 Å². The lowest BCUT2D eigenvalue weighted by atomic mass is 9.84. The SMILES string of the molecule is COCc1cc(OC)c(-c2cccc3c(N(CC4CCC4)CC4CCOCC4)c(OC)nn23)c(OC)c1. The van der Waals surface area contributed by atoms with Crippen molar-refractivity contribution >= 4 is 11.2 Å². The molecule has 0 amide bonds. The summed E-state index contributed by atoms with van der Waals surface area (Å²) in [5.74, 6) is 3.39. The number of methoxy groups -OCH3 is 4. The number of ether oxygens (including phenoxy) is 5. The molecule has 2 fully saturated rings. The highest BCUT2D eigenvalue weighted by molar-refractivity contribution is 5.84. The van der Waals surface area contributed by atoms with Gasteiger partial charge in [-0.15, -0.1) is 5.10 Å². The molecule has 8 heteroatoms. The maximum Gasteiger partial charge on any atom is 0.257 e. The number of benzene rings is 1. The molecule has 2 aliphatic rings. The van der Waals surface area contributed by atoms with Gasteiger partial charge < -0.3 is 28.6 Å². The van der Waals surface area contributed by atoms with E-state index < -0.39 is 0 Å². The quantitative estimate of drug-likeness (QED) is 0.352. The van der Waals surface area contributed by atoms with E-state index in [9.17, 15) is 0 Å². The Labute approximate surface area is 219 Å². The lowest BCUT2D eigenvalue weighted by Gasteiger charge is -2.36. The van der Waals surface area contributed by atoms with Crippen LogP contribution in [0.25, 0.3) is 16.8 Å². The monoisotopic (exact) mass is 509 g/mol. The van der Waals surface area contributed by atoms with Gasteiger partial charge in [-0.2, -0.15) is 0 Å². The highest BCUT2D eigenvalue weighted by Crippen LogP contribution is 2.43. The molecule has 200 valence electrons. The number of hydrogen-bond acceptors (Lipinski definition) is 7. The van der Waals surface area contributed by atoms with E-state index in [1.807, 2.05) is 22.7 Å². The average molecular weight is 510 g/mol. The molecule has 0 N–H and O–H groups in total. The van der Waals surface area contributed by atoms with Crippen LogP contribution >= 0.6 is 0 Å². The van der Waals surface area contributed by atoms with Gasteiger partial charge >= 0.3 is 0 Å². The van der Waals surface area contributed by atoms with Crippen LogP contribution in [0.2, 0.25) is 0 Å². The highest BCUT2D eigenvalue weighted by Gasteiger charge is 2.29. The average Bonchev–Trinajstić information content (AvgIpc) is 3.29. The number of nitrogens with zero attached hydrogens (tertiary/aromatic N) is 3. The Morgan fingerprint density at radius 1 is 0.919 bits per heavy atom. The summed E-state index contributed by atoms with van der Waals surface area (Å²) in [6, 6.07) is 10.2. The molecule has 3 aromatic rings. The molecule has 37 heavy (non-hydrogen) atoms. The van der Waals surface area contributed by atoms with Crippen molar-refractivity contribution in [3.63, 3.8) is 0 Å². The Hall–Kier alpha value is -2.97. The Morgan fingerprint density at radius 3 is 2.16 bits per heavy atom. The number of aromatic nitrogens is 2. The Bertz CT molecular complexity index is 1170. The predicted molar refractivity (Wildman–Crippen MR) is 144 cm³/mol. The Kier molecular flexibility index (Phi) is 8.05. The largest absolute Gasteiger partial charge is 0.496 e. The number of fused-ring (bicyclic) bond motifs is 1. The van der Waals surface area contributed by atoms with E-state index in [0.717, 1.165) is 73.1 Å². The van der Waals surface area contributed by atoms with E-state index in [0.29, 0.717) is 29.9 Å². The zero-order valence-electron chi connectivity index (χ0n) is 22.5. The van der Waals surface area contributed by atoms with Gasteiger partial charge in [-0.25, -0.2) is 4.52 Å². The van der Waals surface area contributed by atoms with Crippen LogP contribution in [0.1, 0.15) is 37.7 Å². The van der Waals surface area contributed by atoms with Crippen LogP contribution in [-0.2, 0) is 16.1 Å². The molecule has 5 rings (SSSR count). The van der Waals surface area contributed by atoms with E-state index in [4.69, 9.17) is 28.8 Å². The van der Waals surface area contributed by atoms with Gasteiger partial charge in [0.1, 0.15) is 17.2 Å². The van der Waals surface area contributed by atoms with Gasteiger partial charge in [0, 0.05) is 33.4 Å². The molecule has 0 atom stereocenters. The van der Waals surface area contributed by atoms with Crippen LogP contribution in [0, 0.1) is 11.8 Å². The van der Waals surface area contributed by atoms with Crippen molar-refractivity contribution in [1.29, 1.82) is 0 Å². The van der Waals surface area contributed by atoms with Gasteiger partial charge in [0.25, 0.3) is 5.88 Å². The van der Waals surface area contributed by atoms with Crippen molar-refractivity contribution < 1.29 is 23.7 Å². The molecule has 1 aromatic carbocycles. The minimum Gasteiger partial charge on any atom is -0.496 e. The summed E-state index contributed by atoms with van der Waals surface area (Å²) in [6.45, 7) is 4.17. The first-order valence-corrected chi connectivity index (χ1v) is 13.3. The molecule has 0 spiro atoms. The normalized spacial score (nSPS) is 16.5. The van der Waals surface area contributed by atoms with Crippen LogP contribution in [0.5, 0.6) is 17.4 Å². The Morgan fingerprint density at radius 2 is 1.59 bits per heavy atom. The first-order chi connectivity index (χ1) is 18.2. The summed E-state index contributed by atoms with van der Waals surface area (Å²) in [4.78, 5) is 2.53. The van der Waals surface area contributed by atoms with Gasteiger partial charge in [-0.05, 0) is 67.3 Å². The number of hydrogen-bond donors (Lipinski definition) is 0. The lowest BCUT2D eigenvalue weighted by Crippen LogP contribution is -2.37. The predicted octanol–water partition coefficient (Wildman–Crippen LogP) is 5.21. The van der Waals surface area contributed by atoms with E-state index in [-0.39, 0.29) is 0 Å². The summed E-state index contributed by atoms with van der Waals surface area (Å²) in [5, 5.41) is 4.97. The number of rotatable bonds is 11. The number of pyridine rings is 1. The first-order valence-electron chi connectivity index (χ1n) is 13.3. The van der Waals surface area contributed by atoms with Crippen molar-refractivity contribution in [3.05, 3.63) is 35.9 Å². The zero-order chi connectivity index (χ0) is 25.8. The molecular formula is C29H39N3O5. The molecular weight excluding hydrogens is 470 g/mol. The Balaban J connectivity index is 1.62. The van der Waals surface area contributed by atoms with Gasteiger partial charge in [-0.3, -0.25) is 0 Å². The smallest absolute Gasteiger partial charge is 0.257 e. The van der Waals surface area contributed by atoms with Crippen LogP contribution < -0.4 is 19.1 Å². The molecule has 8 nitrogen and oxygen atoms in total. The lowest BCUT2D eigenvalue weighted by molar-refractivity contribution is 0.0678. The van der Waals surface area contributed by atoms with Crippen LogP contribution in [-0.4, -0.2) is 64.4 Å². The van der Waals surface area contributed by atoms with Gasteiger partial charge in [0.2, 0.25) is 0 Å². The van der Waals surface area contributed by atoms with E-state index in [2.05, 4.69) is 17.0 Å². The minimum absolute atomic E-state index is 0.472. The number of anilines is 1. The third-order valence-electron chi connectivity index (χ3n) is 7.77. The minimum atomic E-state index is 0.472. The molecule has 1 aliphatic carbocycles. The second kappa shape index (κ2) is 11.6. The molecule has 0 unspecified atom stereocenters. The highest BCUT2D eigenvalue weighted by atomic mass is 16.5. The second-order valence-electron chi connectivity index (χ2n) is 10.1. The van der Waals surface area contributed by atoms with Crippen molar-refractivity contribution in [2.75, 3.05) is 59.6 Å². The fraction of sp³-hybridized carbons (Fsp3) is 0.552. The summed E-state index contributed by atoms with van der Waals surface area (Å²) in [6.07, 6.45) is 6.09. The molecule has 0 bridgehead atoms. The van der Waals surface area contributed by atoms with E-state index in [1.165, 1.54) is 19.3 Å². The van der Waals surface area contributed by atoms with Crippen LogP contribution in [0.4, 0.5) is 5.69 Å². The van der Waals surface area contributed by atoms with Crippen molar-refractivity contribution in [2.45, 2.75) is 38.7 Å². The maximum atomic E-state index is 5.91. The molecule has 1 aliphatic heterocycles. The molecule has 1 saturated carbocycles. The van der Waals surface area contributed by atoms with Gasteiger partial charge in [0.05, 0.1) is 44.7 Å². The molecule has 3 heterocycles. The summed E-state index contributed by atoms with van der Waals surface area (Å²) in [5.41, 5.74) is 4.80. The summed E-state index contributed by atoms with van der Waals surface area (Å²) in [7, 11) is 6.75. The third-order valence-corrected chi connectivity index (χ3v) is 7.77. The summed E-state index contributed by atoms with van der Waals surface area (Å²) >= 11 is 0. The molecule has 0 radical (unpaired) electrons.